The predicted octanol–water partition coefficient (Wildman–Crippen LogP) is 3.77. The lowest BCUT2D eigenvalue weighted by Crippen LogP contribution is -1.98. The number of ether oxygens (including phenoxy) is 1. The number of hydrogen-bond acceptors (Lipinski definition) is 6. The first kappa shape index (κ1) is 16.6. The smallest absolute Gasteiger partial charge is 0.233 e. The first-order valence-corrected chi connectivity index (χ1v) is 7.71. The van der Waals surface area contributed by atoms with Crippen LogP contribution in [-0.4, -0.2) is 26.3 Å². The molecule has 0 saturated heterocycles. The number of aromatic hydroxyl groups is 1. The van der Waals surface area contributed by atoms with Crippen molar-refractivity contribution in [3.63, 3.8) is 0 Å². The lowest BCUT2D eigenvalue weighted by molar-refractivity contribution is 0.111. The fraction of sp³-hybridized carbons (Fsp3) is 0.158. The number of benzene rings is 1. The van der Waals surface area contributed by atoms with E-state index in [0.717, 1.165) is 28.1 Å². The van der Waals surface area contributed by atoms with Crippen LogP contribution in [0.15, 0.2) is 36.8 Å². The highest BCUT2D eigenvalue weighted by atomic mass is 16.5. The molecule has 0 atom stereocenters. The molecule has 0 aliphatic rings. The van der Waals surface area contributed by atoms with Crippen molar-refractivity contribution in [2.24, 2.45) is 0 Å². The molecule has 0 spiro atoms. The first-order valence-electron chi connectivity index (χ1n) is 7.71. The molecule has 1 N–H and O–H groups in total. The SMILES string of the molecule is Cc1cc(Oc2nccc(O)c2C=O)ccc1-c1c(C)ncnc1C. The van der Waals surface area contributed by atoms with Gasteiger partial charge >= 0.3 is 0 Å². The molecule has 2 heterocycles. The number of rotatable bonds is 4. The van der Waals surface area contributed by atoms with Crippen molar-refractivity contribution in [1.82, 2.24) is 15.0 Å². The van der Waals surface area contributed by atoms with Gasteiger partial charge in [-0.2, -0.15) is 0 Å². The van der Waals surface area contributed by atoms with Gasteiger partial charge in [0.05, 0.1) is 0 Å². The van der Waals surface area contributed by atoms with E-state index < -0.39 is 0 Å². The quantitative estimate of drug-likeness (QED) is 0.730. The van der Waals surface area contributed by atoms with Crippen LogP contribution in [0.4, 0.5) is 0 Å². The maximum Gasteiger partial charge on any atom is 0.233 e. The summed E-state index contributed by atoms with van der Waals surface area (Å²) in [5.74, 6) is 0.424. The molecule has 0 radical (unpaired) electrons. The van der Waals surface area contributed by atoms with Gasteiger partial charge in [0.1, 0.15) is 23.4 Å². The highest BCUT2D eigenvalue weighted by Crippen LogP contribution is 2.33. The Hall–Kier alpha value is -3.28. The molecule has 2 aromatic heterocycles. The number of carbonyl (C=O) groups is 1. The van der Waals surface area contributed by atoms with Gasteiger partial charge in [0.15, 0.2) is 6.29 Å². The van der Waals surface area contributed by atoms with Gasteiger partial charge in [-0.15, -0.1) is 0 Å². The van der Waals surface area contributed by atoms with Crippen molar-refractivity contribution in [3.8, 4) is 28.5 Å². The zero-order valence-corrected chi connectivity index (χ0v) is 14.1. The Labute approximate surface area is 145 Å². The van der Waals surface area contributed by atoms with Crippen LogP contribution < -0.4 is 4.74 Å². The zero-order valence-electron chi connectivity index (χ0n) is 14.1. The van der Waals surface area contributed by atoms with E-state index in [1.165, 1.54) is 12.3 Å². The average molecular weight is 335 g/mol. The Kier molecular flexibility index (Phi) is 4.43. The lowest BCUT2D eigenvalue weighted by Gasteiger charge is -2.13. The number of nitrogens with zero attached hydrogens (tertiary/aromatic N) is 3. The molecule has 0 aliphatic heterocycles. The Balaban J connectivity index is 1.99. The summed E-state index contributed by atoms with van der Waals surface area (Å²) in [6.45, 7) is 5.85. The van der Waals surface area contributed by atoms with E-state index in [0.29, 0.717) is 12.0 Å². The molecule has 126 valence electrons. The Morgan fingerprint density at radius 1 is 1.04 bits per heavy atom. The molecule has 3 rings (SSSR count). The van der Waals surface area contributed by atoms with Crippen LogP contribution in [0.2, 0.25) is 0 Å². The number of pyridine rings is 1. The van der Waals surface area contributed by atoms with E-state index in [1.54, 1.807) is 12.4 Å². The van der Waals surface area contributed by atoms with Gasteiger partial charge < -0.3 is 9.84 Å². The van der Waals surface area contributed by atoms with Gasteiger partial charge in [0, 0.05) is 23.1 Å². The fourth-order valence-corrected chi connectivity index (χ4v) is 2.71. The summed E-state index contributed by atoms with van der Waals surface area (Å²) in [6, 6.07) is 6.90. The van der Waals surface area contributed by atoms with Crippen molar-refractivity contribution >= 4 is 6.29 Å². The molecule has 0 aliphatic carbocycles. The first-order chi connectivity index (χ1) is 12.0. The van der Waals surface area contributed by atoms with Crippen LogP contribution >= 0.6 is 0 Å². The number of aromatic nitrogens is 3. The second-order valence-electron chi connectivity index (χ2n) is 5.67. The van der Waals surface area contributed by atoms with Crippen molar-refractivity contribution in [3.05, 3.63) is 59.3 Å². The lowest BCUT2D eigenvalue weighted by atomic mass is 9.98. The molecule has 0 bridgehead atoms. The van der Waals surface area contributed by atoms with Crippen LogP contribution in [0.1, 0.15) is 27.3 Å². The third kappa shape index (κ3) is 3.19. The Morgan fingerprint density at radius 2 is 1.76 bits per heavy atom. The molecule has 6 nitrogen and oxygen atoms in total. The third-order valence-electron chi connectivity index (χ3n) is 3.96. The predicted molar refractivity (Wildman–Crippen MR) is 93.0 cm³/mol. The number of aryl methyl sites for hydroxylation is 3. The van der Waals surface area contributed by atoms with Gasteiger partial charge in [-0.05, 0) is 50.1 Å². The van der Waals surface area contributed by atoms with E-state index in [4.69, 9.17) is 4.74 Å². The second kappa shape index (κ2) is 6.68. The van der Waals surface area contributed by atoms with Gasteiger partial charge in [0.25, 0.3) is 0 Å². The minimum absolute atomic E-state index is 0.0207. The third-order valence-corrected chi connectivity index (χ3v) is 3.96. The summed E-state index contributed by atoms with van der Waals surface area (Å²) in [7, 11) is 0. The summed E-state index contributed by atoms with van der Waals surface area (Å²) in [5.41, 5.74) is 4.82. The normalized spacial score (nSPS) is 10.5. The molecule has 1 aromatic carbocycles. The summed E-state index contributed by atoms with van der Waals surface area (Å²) in [5, 5.41) is 9.71. The van der Waals surface area contributed by atoms with Crippen molar-refractivity contribution in [2.45, 2.75) is 20.8 Å². The Morgan fingerprint density at radius 3 is 2.40 bits per heavy atom. The molecule has 3 aromatic rings. The van der Waals surface area contributed by atoms with Crippen LogP contribution in [0.5, 0.6) is 17.4 Å². The van der Waals surface area contributed by atoms with E-state index >= 15 is 0 Å². The molecule has 0 amide bonds. The van der Waals surface area contributed by atoms with Crippen LogP contribution in [0, 0.1) is 20.8 Å². The highest BCUT2D eigenvalue weighted by Gasteiger charge is 2.14. The van der Waals surface area contributed by atoms with Gasteiger partial charge in [-0.3, -0.25) is 4.79 Å². The number of aldehydes is 1. The van der Waals surface area contributed by atoms with Gasteiger partial charge in [-0.1, -0.05) is 6.07 Å². The molecular formula is C19H17N3O3. The van der Waals surface area contributed by atoms with E-state index in [9.17, 15) is 9.90 Å². The summed E-state index contributed by atoms with van der Waals surface area (Å²) < 4.78 is 5.68. The molecule has 0 saturated carbocycles. The summed E-state index contributed by atoms with van der Waals surface area (Å²) in [4.78, 5) is 23.7. The minimum Gasteiger partial charge on any atom is -0.507 e. The summed E-state index contributed by atoms with van der Waals surface area (Å²) >= 11 is 0. The van der Waals surface area contributed by atoms with E-state index in [-0.39, 0.29) is 17.2 Å². The topological polar surface area (TPSA) is 85.2 Å². The van der Waals surface area contributed by atoms with Crippen LogP contribution in [0.3, 0.4) is 0 Å². The summed E-state index contributed by atoms with van der Waals surface area (Å²) in [6.07, 6.45) is 3.45. The van der Waals surface area contributed by atoms with E-state index in [2.05, 4.69) is 15.0 Å². The fourth-order valence-electron chi connectivity index (χ4n) is 2.71. The maximum atomic E-state index is 11.1. The molecule has 0 fully saturated rings. The molecule has 0 unspecified atom stereocenters. The second-order valence-corrected chi connectivity index (χ2v) is 5.67. The standard InChI is InChI=1S/C19H17N3O3/c1-11-8-14(25-19-16(9-23)17(24)6-7-20-19)4-5-15(11)18-12(2)21-10-22-13(18)3/h4-10H,1-3H3,(H,20,24). The number of carbonyl (C=O) groups excluding carboxylic acids is 1. The van der Waals surface area contributed by atoms with Crippen molar-refractivity contribution < 1.29 is 14.6 Å². The monoisotopic (exact) mass is 335 g/mol. The highest BCUT2D eigenvalue weighted by molar-refractivity contribution is 5.82. The average Bonchev–Trinajstić information content (AvgIpc) is 2.57. The van der Waals surface area contributed by atoms with E-state index in [1.807, 2.05) is 32.9 Å². The molecular weight excluding hydrogens is 318 g/mol. The van der Waals surface area contributed by atoms with Gasteiger partial charge in [0.2, 0.25) is 5.88 Å². The molecule has 25 heavy (non-hydrogen) atoms. The van der Waals surface area contributed by atoms with Crippen molar-refractivity contribution in [2.75, 3.05) is 0 Å². The zero-order chi connectivity index (χ0) is 18.0. The van der Waals surface area contributed by atoms with Gasteiger partial charge in [-0.25, -0.2) is 15.0 Å². The molecule has 6 heteroatoms. The largest absolute Gasteiger partial charge is 0.507 e. The minimum atomic E-state index is -0.166. The Bertz CT molecular complexity index is 934. The maximum absolute atomic E-state index is 11.1. The number of hydrogen-bond donors (Lipinski definition) is 1. The van der Waals surface area contributed by atoms with Crippen LogP contribution in [-0.2, 0) is 0 Å². The van der Waals surface area contributed by atoms with Crippen molar-refractivity contribution in [1.29, 1.82) is 0 Å². The van der Waals surface area contributed by atoms with Crippen LogP contribution in [0.25, 0.3) is 11.1 Å².